The molecule has 0 saturated heterocycles. The molecule has 0 spiro atoms. The highest BCUT2D eigenvalue weighted by atomic mass is 32.1. The summed E-state index contributed by atoms with van der Waals surface area (Å²) in [6.07, 6.45) is 8.75. The Morgan fingerprint density at radius 1 is 0.962 bits per heavy atom. The summed E-state index contributed by atoms with van der Waals surface area (Å²) in [7, 11) is 0. The van der Waals surface area contributed by atoms with Crippen molar-refractivity contribution >= 4 is 28.0 Å². The van der Waals surface area contributed by atoms with E-state index in [4.69, 9.17) is 0 Å². The fourth-order valence-corrected chi connectivity index (χ4v) is 3.81. The summed E-state index contributed by atoms with van der Waals surface area (Å²) < 4.78 is 0. The van der Waals surface area contributed by atoms with Gasteiger partial charge in [0.2, 0.25) is 0 Å². The molecule has 0 unspecified atom stereocenters. The van der Waals surface area contributed by atoms with Gasteiger partial charge in [0.05, 0.1) is 11.4 Å². The van der Waals surface area contributed by atoms with Gasteiger partial charge in [-0.25, -0.2) is 0 Å². The minimum Gasteiger partial charge on any atom is -0.335 e. The van der Waals surface area contributed by atoms with Crippen molar-refractivity contribution in [1.82, 2.24) is 0 Å². The average Bonchev–Trinajstić information content (AvgIpc) is 3.09. The topological polar surface area (TPSA) is 41.5 Å². The molecular formula is C22H30N2OS. The van der Waals surface area contributed by atoms with Crippen molar-refractivity contribution in [3.05, 3.63) is 52.9 Å². The Kier molecular flexibility index (Phi) is 9.11. The molecule has 0 aliphatic heterocycles. The van der Waals surface area contributed by atoms with Gasteiger partial charge in [-0.1, -0.05) is 56.0 Å². The van der Waals surface area contributed by atoms with Crippen LogP contribution in [0.15, 0.2) is 46.8 Å². The van der Waals surface area contributed by atoms with Crippen molar-refractivity contribution in [2.75, 3.05) is 11.9 Å². The number of anilines is 1. The number of thiophene rings is 1. The number of nitrogens with one attached hydrogen (secondary N) is 1. The van der Waals surface area contributed by atoms with E-state index >= 15 is 0 Å². The average molecular weight is 371 g/mol. The van der Waals surface area contributed by atoms with Gasteiger partial charge >= 0.3 is 0 Å². The van der Waals surface area contributed by atoms with Crippen molar-refractivity contribution in [1.29, 1.82) is 0 Å². The standard InChI is InChI=1S/C22H30N2OS/c1-18(25)21-15-17-26-22(21)24-19(2)23-16-11-6-4-3-5-8-12-20-13-9-7-10-14-20/h7,9-10,13-15,17H,3-6,8,11-12,16H2,1-2H3,(H,23,24). The normalized spacial score (nSPS) is 11.5. The number of unbranched alkanes of at least 4 members (excludes halogenated alkanes) is 5. The predicted octanol–water partition coefficient (Wildman–Crippen LogP) is 6.36. The van der Waals surface area contributed by atoms with E-state index in [1.165, 1.54) is 44.1 Å². The number of aliphatic imine (C=N–C) groups is 1. The largest absolute Gasteiger partial charge is 0.335 e. The molecule has 0 aliphatic rings. The van der Waals surface area contributed by atoms with Crippen LogP contribution in [0.4, 0.5) is 5.00 Å². The SMILES string of the molecule is CC(=O)c1ccsc1NC(C)=NCCCCCCCCc1ccccc1. The molecule has 1 aromatic carbocycles. The summed E-state index contributed by atoms with van der Waals surface area (Å²) >= 11 is 1.55. The zero-order valence-electron chi connectivity index (χ0n) is 16.0. The number of carbonyl (C=O) groups excluding carboxylic acids is 1. The molecular weight excluding hydrogens is 340 g/mol. The highest BCUT2D eigenvalue weighted by molar-refractivity contribution is 7.14. The van der Waals surface area contributed by atoms with Crippen LogP contribution in [0.25, 0.3) is 0 Å². The molecule has 140 valence electrons. The minimum absolute atomic E-state index is 0.0915. The van der Waals surface area contributed by atoms with Gasteiger partial charge in [0.25, 0.3) is 0 Å². The first-order valence-corrected chi connectivity index (χ1v) is 10.4. The van der Waals surface area contributed by atoms with Crippen molar-refractivity contribution in [2.45, 2.75) is 58.8 Å². The molecule has 0 fully saturated rings. The summed E-state index contributed by atoms with van der Waals surface area (Å²) in [6, 6.07) is 12.6. The van der Waals surface area contributed by atoms with E-state index in [9.17, 15) is 4.79 Å². The number of aryl methyl sites for hydroxylation is 1. The molecule has 2 aromatic rings. The second-order valence-electron chi connectivity index (χ2n) is 6.67. The van der Waals surface area contributed by atoms with Crippen LogP contribution >= 0.6 is 11.3 Å². The zero-order valence-corrected chi connectivity index (χ0v) is 16.8. The van der Waals surface area contributed by atoms with Crippen LogP contribution in [0.5, 0.6) is 0 Å². The molecule has 0 radical (unpaired) electrons. The van der Waals surface area contributed by atoms with Crippen LogP contribution in [0.1, 0.15) is 68.3 Å². The quantitative estimate of drug-likeness (QED) is 0.216. The first kappa shape index (κ1) is 20.4. The van der Waals surface area contributed by atoms with Crippen LogP contribution in [0, 0.1) is 0 Å². The Morgan fingerprint density at radius 3 is 2.38 bits per heavy atom. The predicted molar refractivity (Wildman–Crippen MR) is 114 cm³/mol. The van der Waals surface area contributed by atoms with Crippen LogP contribution in [-0.2, 0) is 6.42 Å². The first-order chi connectivity index (χ1) is 12.7. The molecule has 0 amide bonds. The molecule has 1 heterocycles. The molecule has 1 aromatic heterocycles. The maximum Gasteiger partial charge on any atom is 0.162 e. The Bertz CT molecular complexity index is 691. The number of nitrogens with zero attached hydrogens (tertiary/aromatic N) is 1. The van der Waals surface area contributed by atoms with Gasteiger partial charge in [0.15, 0.2) is 5.78 Å². The van der Waals surface area contributed by atoms with Crippen LogP contribution in [0.3, 0.4) is 0 Å². The fourth-order valence-electron chi connectivity index (χ4n) is 2.93. The Balaban J connectivity index is 1.52. The number of ketones is 1. The highest BCUT2D eigenvalue weighted by Gasteiger charge is 2.08. The summed E-state index contributed by atoms with van der Waals surface area (Å²) in [4.78, 5) is 16.1. The second-order valence-corrected chi connectivity index (χ2v) is 7.58. The van der Waals surface area contributed by atoms with Gasteiger partial charge in [-0.3, -0.25) is 9.79 Å². The number of hydrogen-bond donors (Lipinski definition) is 1. The van der Waals surface area contributed by atoms with Crippen molar-refractivity contribution < 1.29 is 4.79 Å². The van der Waals surface area contributed by atoms with Crippen LogP contribution < -0.4 is 5.32 Å². The number of amidine groups is 1. The van der Waals surface area contributed by atoms with Gasteiger partial charge in [0.1, 0.15) is 5.00 Å². The third kappa shape index (κ3) is 7.52. The number of carbonyl (C=O) groups is 1. The van der Waals surface area contributed by atoms with E-state index in [2.05, 4.69) is 40.6 Å². The third-order valence-corrected chi connectivity index (χ3v) is 5.23. The molecule has 0 aliphatic carbocycles. The Hall–Kier alpha value is -1.94. The maximum absolute atomic E-state index is 11.5. The molecule has 1 N–H and O–H groups in total. The van der Waals surface area contributed by atoms with Crippen LogP contribution in [0.2, 0.25) is 0 Å². The Labute approximate surface area is 161 Å². The van der Waals surface area contributed by atoms with Gasteiger partial charge in [-0.05, 0) is 50.1 Å². The molecule has 3 nitrogen and oxygen atoms in total. The van der Waals surface area contributed by atoms with E-state index in [0.717, 1.165) is 29.4 Å². The summed E-state index contributed by atoms with van der Waals surface area (Å²) in [6.45, 7) is 4.41. The molecule has 0 saturated carbocycles. The van der Waals surface area contributed by atoms with E-state index in [1.54, 1.807) is 18.3 Å². The molecule has 4 heteroatoms. The first-order valence-electron chi connectivity index (χ1n) is 9.57. The number of Topliss-reactive ketones (excluding diaryl/α,β-unsaturated/α-hetero) is 1. The van der Waals surface area contributed by atoms with Gasteiger partial charge in [0, 0.05) is 6.54 Å². The third-order valence-electron chi connectivity index (χ3n) is 4.40. The lowest BCUT2D eigenvalue weighted by Gasteiger charge is -2.05. The lowest BCUT2D eigenvalue weighted by Crippen LogP contribution is -2.09. The second kappa shape index (κ2) is 11.6. The minimum atomic E-state index is 0.0915. The van der Waals surface area contributed by atoms with Gasteiger partial charge < -0.3 is 5.32 Å². The van der Waals surface area contributed by atoms with E-state index in [-0.39, 0.29) is 5.78 Å². The zero-order chi connectivity index (χ0) is 18.6. The van der Waals surface area contributed by atoms with E-state index in [1.807, 2.05) is 18.4 Å². The van der Waals surface area contributed by atoms with Crippen molar-refractivity contribution in [2.24, 2.45) is 4.99 Å². The van der Waals surface area contributed by atoms with Gasteiger partial charge in [-0.15, -0.1) is 11.3 Å². The number of benzene rings is 1. The Morgan fingerprint density at radius 2 is 1.65 bits per heavy atom. The lowest BCUT2D eigenvalue weighted by atomic mass is 10.1. The summed E-state index contributed by atoms with van der Waals surface area (Å²) in [5.74, 6) is 0.978. The van der Waals surface area contributed by atoms with Crippen LogP contribution in [-0.4, -0.2) is 18.2 Å². The monoisotopic (exact) mass is 370 g/mol. The molecule has 0 bridgehead atoms. The fraction of sp³-hybridized carbons (Fsp3) is 0.455. The van der Waals surface area contributed by atoms with Crippen molar-refractivity contribution in [3.8, 4) is 0 Å². The summed E-state index contributed by atoms with van der Waals surface area (Å²) in [5, 5.41) is 6.09. The van der Waals surface area contributed by atoms with E-state index in [0.29, 0.717) is 0 Å². The highest BCUT2D eigenvalue weighted by Crippen LogP contribution is 2.23. The maximum atomic E-state index is 11.5. The molecule has 2 rings (SSSR count). The van der Waals surface area contributed by atoms with Gasteiger partial charge in [-0.2, -0.15) is 0 Å². The molecule has 26 heavy (non-hydrogen) atoms. The smallest absolute Gasteiger partial charge is 0.162 e. The van der Waals surface area contributed by atoms with Crippen molar-refractivity contribution in [3.63, 3.8) is 0 Å². The van der Waals surface area contributed by atoms with E-state index < -0.39 is 0 Å². The molecule has 0 atom stereocenters. The lowest BCUT2D eigenvalue weighted by molar-refractivity contribution is 0.101. The number of rotatable bonds is 11. The summed E-state index contributed by atoms with van der Waals surface area (Å²) in [5.41, 5.74) is 2.20. The number of hydrogen-bond acceptors (Lipinski definition) is 3.